The summed E-state index contributed by atoms with van der Waals surface area (Å²) in [7, 11) is 0. The fraction of sp³-hybridized carbons (Fsp3) is 0.409. The van der Waals surface area contributed by atoms with Gasteiger partial charge in [0.2, 0.25) is 5.91 Å². The predicted molar refractivity (Wildman–Crippen MR) is 107 cm³/mol. The second-order valence-electron chi connectivity index (χ2n) is 7.62. The largest absolute Gasteiger partial charge is 0.369 e. The van der Waals surface area contributed by atoms with Crippen LogP contribution in [-0.2, 0) is 16.9 Å². The van der Waals surface area contributed by atoms with Crippen molar-refractivity contribution in [2.24, 2.45) is 0 Å². The average Bonchev–Trinajstić information content (AvgIpc) is 2.67. The van der Waals surface area contributed by atoms with Gasteiger partial charge in [-0.3, -0.25) is 9.69 Å². The van der Waals surface area contributed by atoms with Crippen LogP contribution in [0.1, 0.15) is 31.9 Å². The van der Waals surface area contributed by atoms with Crippen LogP contribution in [0.4, 0.5) is 10.1 Å². The second kappa shape index (κ2) is 8.09. The van der Waals surface area contributed by atoms with Gasteiger partial charge in [0.25, 0.3) is 0 Å². The Labute approximate surface area is 161 Å². The molecule has 1 saturated heterocycles. The minimum atomic E-state index is -0.194. The van der Waals surface area contributed by atoms with Gasteiger partial charge >= 0.3 is 0 Å². The molecule has 0 bridgehead atoms. The highest BCUT2D eigenvalue weighted by molar-refractivity contribution is 5.72. The fourth-order valence-electron chi connectivity index (χ4n) is 3.62. The van der Waals surface area contributed by atoms with E-state index in [4.69, 9.17) is 0 Å². The number of halogens is 1. The molecule has 0 atom stereocenters. The first-order valence-corrected chi connectivity index (χ1v) is 9.46. The molecule has 0 aliphatic carbocycles. The molecule has 0 unspecified atom stereocenters. The monoisotopic (exact) mass is 369 g/mol. The maximum atomic E-state index is 13.1. The summed E-state index contributed by atoms with van der Waals surface area (Å²) >= 11 is 0. The highest BCUT2D eigenvalue weighted by Gasteiger charge is 2.31. The van der Waals surface area contributed by atoms with Crippen LogP contribution in [0.5, 0.6) is 0 Å². The van der Waals surface area contributed by atoms with Gasteiger partial charge in [-0.25, -0.2) is 4.39 Å². The van der Waals surface area contributed by atoms with E-state index in [1.54, 1.807) is 0 Å². The molecule has 27 heavy (non-hydrogen) atoms. The lowest BCUT2D eigenvalue weighted by Gasteiger charge is -2.45. The zero-order valence-corrected chi connectivity index (χ0v) is 16.3. The highest BCUT2D eigenvalue weighted by Crippen LogP contribution is 2.30. The standard InChI is InChI=1S/C22H28FN3O/c1-17(27)24-16-18-4-6-19(7-5-18)22(2,3)26-14-12-25(13-15-26)21-10-8-20(23)9-11-21/h4-11H,12-16H2,1-3H3,(H,24,27). The maximum Gasteiger partial charge on any atom is 0.217 e. The molecular weight excluding hydrogens is 341 g/mol. The Morgan fingerprint density at radius 3 is 2.15 bits per heavy atom. The van der Waals surface area contributed by atoms with E-state index in [1.165, 1.54) is 24.6 Å². The summed E-state index contributed by atoms with van der Waals surface area (Å²) < 4.78 is 13.1. The van der Waals surface area contributed by atoms with Crippen molar-refractivity contribution < 1.29 is 9.18 Å². The third-order valence-electron chi connectivity index (χ3n) is 5.46. The SMILES string of the molecule is CC(=O)NCc1ccc(C(C)(C)N2CCN(c3ccc(F)cc3)CC2)cc1. The Hall–Kier alpha value is -2.40. The molecule has 0 aromatic heterocycles. The van der Waals surface area contributed by atoms with Crippen LogP contribution in [0.15, 0.2) is 48.5 Å². The molecule has 2 aromatic carbocycles. The fourth-order valence-corrected chi connectivity index (χ4v) is 3.62. The summed E-state index contributed by atoms with van der Waals surface area (Å²) in [6.45, 7) is 10.4. The van der Waals surface area contributed by atoms with E-state index in [0.717, 1.165) is 37.4 Å². The van der Waals surface area contributed by atoms with Gasteiger partial charge in [-0.2, -0.15) is 0 Å². The topological polar surface area (TPSA) is 35.6 Å². The quantitative estimate of drug-likeness (QED) is 0.876. The first-order chi connectivity index (χ1) is 12.9. The van der Waals surface area contributed by atoms with Gasteiger partial charge < -0.3 is 10.2 Å². The highest BCUT2D eigenvalue weighted by atomic mass is 19.1. The van der Waals surface area contributed by atoms with Crippen LogP contribution in [0.3, 0.4) is 0 Å². The number of anilines is 1. The molecule has 1 heterocycles. The minimum absolute atomic E-state index is 0.0153. The number of benzene rings is 2. The van der Waals surface area contributed by atoms with Gasteiger partial charge in [-0.1, -0.05) is 24.3 Å². The molecule has 1 aliphatic rings. The Balaban J connectivity index is 1.62. The molecule has 3 rings (SSSR count). The molecule has 144 valence electrons. The third kappa shape index (κ3) is 4.66. The zero-order chi connectivity index (χ0) is 19.4. The normalized spacial score (nSPS) is 15.6. The number of nitrogens with one attached hydrogen (secondary N) is 1. The van der Waals surface area contributed by atoms with Crippen LogP contribution in [-0.4, -0.2) is 37.0 Å². The summed E-state index contributed by atoms with van der Waals surface area (Å²) in [5.74, 6) is -0.209. The van der Waals surface area contributed by atoms with E-state index in [2.05, 4.69) is 53.2 Å². The number of carbonyl (C=O) groups excluding carboxylic acids is 1. The number of rotatable bonds is 5. The van der Waals surface area contributed by atoms with Gasteiger partial charge in [0.1, 0.15) is 5.82 Å². The van der Waals surface area contributed by atoms with E-state index in [0.29, 0.717) is 6.54 Å². The van der Waals surface area contributed by atoms with Crippen molar-refractivity contribution >= 4 is 11.6 Å². The molecular formula is C22H28FN3O. The van der Waals surface area contributed by atoms with Crippen molar-refractivity contribution in [3.05, 3.63) is 65.5 Å². The molecule has 0 radical (unpaired) electrons. The minimum Gasteiger partial charge on any atom is -0.369 e. The Kier molecular flexibility index (Phi) is 5.80. The number of piperazine rings is 1. The smallest absolute Gasteiger partial charge is 0.217 e. The molecule has 1 fully saturated rings. The Bertz CT molecular complexity index is 763. The first kappa shape index (κ1) is 19.4. The van der Waals surface area contributed by atoms with Crippen molar-refractivity contribution in [1.82, 2.24) is 10.2 Å². The summed E-state index contributed by atoms with van der Waals surface area (Å²) in [5, 5.41) is 2.83. The van der Waals surface area contributed by atoms with Gasteiger partial charge in [0, 0.05) is 50.9 Å². The maximum absolute atomic E-state index is 13.1. The molecule has 1 aliphatic heterocycles. The number of hydrogen-bond donors (Lipinski definition) is 1. The Morgan fingerprint density at radius 1 is 1.00 bits per heavy atom. The second-order valence-corrected chi connectivity index (χ2v) is 7.62. The van der Waals surface area contributed by atoms with Crippen molar-refractivity contribution in [2.75, 3.05) is 31.1 Å². The predicted octanol–water partition coefficient (Wildman–Crippen LogP) is 3.52. The molecule has 2 aromatic rings. The summed E-state index contributed by atoms with van der Waals surface area (Å²) in [4.78, 5) is 15.9. The summed E-state index contributed by atoms with van der Waals surface area (Å²) in [6, 6.07) is 15.2. The van der Waals surface area contributed by atoms with Crippen LogP contribution in [0.2, 0.25) is 0 Å². The zero-order valence-electron chi connectivity index (χ0n) is 16.3. The van der Waals surface area contributed by atoms with E-state index < -0.39 is 0 Å². The van der Waals surface area contributed by atoms with E-state index in [9.17, 15) is 9.18 Å². The summed E-state index contributed by atoms with van der Waals surface area (Å²) in [5.41, 5.74) is 3.38. The lowest BCUT2D eigenvalue weighted by atomic mass is 9.90. The van der Waals surface area contributed by atoms with E-state index in [-0.39, 0.29) is 17.3 Å². The van der Waals surface area contributed by atoms with Crippen LogP contribution in [0.25, 0.3) is 0 Å². The molecule has 1 N–H and O–H groups in total. The van der Waals surface area contributed by atoms with E-state index >= 15 is 0 Å². The van der Waals surface area contributed by atoms with Crippen molar-refractivity contribution in [1.29, 1.82) is 0 Å². The van der Waals surface area contributed by atoms with Crippen molar-refractivity contribution in [3.8, 4) is 0 Å². The van der Waals surface area contributed by atoms with Gasteiger partial charge in [0.05, 0.1) is 0 Å². The molecule has 4 nitrogen and oxygen atoms in total. The molecule has 1 amide bonds. The molecule has 5 heteroatoms. The lowest BCUT2D eigenvalue weighted by Crippen LogP contribution is -2.53. The van der Waals surface area contributed by atoms with Gasteiger partial charge in [-0.05, 0) is 49.2 Å². The summed E-state index contributed by atoms with van der Waals surface area (Å²) in [6.07, 6.45) is 0. The van der Waals surface area contributed by atoms with Crippen LogP contribution in [0, 0.1) is 5.82 Å². The van der Waals surface area contributed by atoms with Gasteiger partial charge in [-0.15, -0.1) is 0 Å². The molecule has 0 spiro atoms. The van der Waals surface area contributed by atoms with Crippen molar-refractivity contribution in [2.45, 2.75) is 32.9 Å². The number of hydrogen-bond acceptors (Lipinski definition) is 3. The van der Waals surface area contributed by atoms with Crippen LogP contribution >= 0.6 is 0 Å². The Morgan fingerprint density at radius 2 is 1.59 bits per heavy atom. The van der Waals surface area contributed by atoms with E-state index in [1.807, 2.05) is 12.1 Å². The first-order valence-electron chi connectivity index (χ1n) is 9.46. The van der Waals surface area contributed by atoms with Crippen LogP contribution < -0.4 is 10.2 Å². The molecule has 0 saturated carbocycles. The lowest BCUT2D eigenvalue weighted by molar-refractivity contribution is -0.119. The number of amides is 1. The van der Waals surface area contributed by atoms with Crippen molar-refractivity contribution in [3.63, 3.8) is 0 Å². The number of nitrogens with zero attached hydrogens (tertiary/aromatic N) is 2. The average molecular weight is 369 g/mol. The van der Waals surface area contributed by atoms with Gasteiger partial charge in [0.15, 0.2) is 0 Å². The number of carbonyl (C=O) groups is 1. The third-order valence-corrected chi connectivity index (χ3v) is 5.46.